The number of aryl methyl sites for hydroxylation is 2. The van der Waals surface area contributed by atoms with Gasteiger partial charge in [0, 0.05) is 11.4 Å². The molecule has 0 unspecified atom stereocenters. The Balaban J connectivity index is 2.31. The Morgan fingerprint density at radius 1 is 1.33 bits per heavy atom. The van der Waals surface area contributed by atoms with Crippen LogP contribution in [0.5, 0.6) is 0 Å². The van der Waals surface area contributed by atoms with Crippen molar-refractivity contribution in [1.29, 1.82) is 0 Å². The van der Waals surface area contributed by atoms with Gasteiger partial charge >= 0.3 is 0 Å². The van der Waals surface area contributed by atoms with E-state index in [0.717, 1.165) is 16.8 Å². The van der Waals surface area contributed by atoms with Crippen LogP contribution in [0, 0.1) is 13.8 Å². The van der Waals surface area contributed by atoms with Crippen LogP contribution < -0.4 is 11.1 Å². The smallest absolute Gasteiger partial charge is 0.260 e. The molecular formula is C13H13ClN2O2. The second-order valence-electron chi connectivity index (χ2n) is 4.09. The minimum atomic E-state index is -0.301. The fourth-order valence-electron chi connectivity index (χ4n) is 1.83. The van der Waals surface area contributed by atoms with E-state index < -0.39 is 0 Å². The number of carbonyl (C=O) groups is 1. The number of nitrogens with one attached hydrogen (secondary N) is 1. The number of halogens is 1. The first kappa shape index (κ1) is 12.5. The molecule has 1 aromatic heterocycles. The van der Waals surface area contributed by atoms with E-state index in [2.05, 4.69) is 5.32 Å². The molecule has 94 valence electrons. The average molecular weight is 265 g/mol. The molecule has 0 spiro atoms. The van der Waals surface area contributed by atoms with Gasteiger partial charge in [-0.05, 0) is 54.8 Å². The van der Waals surface area contributed by atoms with Crippen molar-refractivity contribution in [3.8, 4) is 0 Å². The Hall–Kier alpha value is -1.94. The van der Waals surface area contributed by atoms with Gasteiger partial charge in [-0.3, -0.25) is 4.79 Å². The third-order valence-electron chi connectivity index (χ3n) is 2.66. The fraction of sp³-hybridized carbons (Fsp3) is 0.154. The predicted octanol–water partition coefficient (Wildman–Crippen LogP) is 3.38. The van der Waals surface area contributed by atoms with Crippen LogP contribution in [0.1, 0.15) is 21.5 Å². The van der Waals surface area contributed by atoms with Crippen molar-refractivity contribution in [2.45, 2.75) is 13.8 Å². The monoisotopic (exact) mass is 264 g/mol. The van der Waals surface area contributed by atoms with Gasteiger partial charge in [-0.1, -0.05) is 0 Å². The Bertz CT molecular complexity index is 582. The van der Waals surface area contributed by atoms with Crippen LogP contribution in [0.4, 0.5) is 11.4 Å². The summed E-state index contributed by atoms with van der Waals surface area (Å²) in [5, 5.41) is 2.89. The second-order valence-corrected chi connectivity index (χ2v) is 4.44. The molecule has 0 saturated heterocycles. The van der Waals surface area contributed by atoms with Crippen molar-refractivity contribution in [3.05, 3.63) is 46.4 Å². The topological polar surface area (TPSA) is 68.3 Å². The van der Waals surface area contributed by atoms with E-state index in [9.17, 15) is 4.79 Å². The molecule has 0 aliphatic heterocycles. The molecule has 0 bridgehead atoms. The predicted molar refractivity (Wildman–Crippen MR) is 72.0 cm³/mol. The molecule has 0 radical (unpaired) electrons. The van der Waals surface area contributed by atoms with Gasteiger partial charge in [0.15, 0.2) is 0 Å². The van der Waals surface area contributed by atoms with E-state index in [0.29, 0.717) is 11.3 Å². The average Bonchev–Trinajstić information content (AvgIpc) is 2.69. The van der Waals surface area contributed by atoms with E-state index in [-0.39, 0.29) is 11.1 Å². The number of rotatable bonds is 2. The van der Waals surface area contributed by atoms with E-state index in [1.807, 2.05) is 13.8 Å². The van der Waals surface area contributed by atoms with Crippen LogP contribution in [-0.4, -0.2) is 5.91 Å². The molecule has 0 atom stereocenters. The zero-order valence-corrected chi connectivity index (χ0v) is 10.8. The molecule has 0 aliphatic rings. The number of hydrogen-bond donors (Lipinski definition) is 2. The lowest BCUT2D eigenvalue weighted by atomic mass is 10.1. The molecule has 5 heteroatoms. The van der Waals surface area contributed by atoms with Gasteiger partial charge in [-0.25, -0.2) is 0 Å². The van der Waals surface area contributed by atoms with Crippen LogP contribution >= 0.6 is 11.6 Å². The van der Waals surface area contributed by atoms with Gasteiger partial charge in [-0.15, -0.1) is 0 Å². The minimum absolute atomic E-state index is 0.0817. The molecule has 3 N–H and O–H groups in total. The molecule has 2 aromatic rings. The normalized spacial score (nSPS) is 10.4. The van der Waals surface area contributed by atoms with Gasteiger partial charge < -0.3 is 15.5 Å². The van der Waals surface area contributed by atoms with Gasteiger partial charge in [0.25, 0.3) is 5.91 Å². The highest BCUT2D eigenvalue weighted by atomic mass is 35.5. The molecule has 0 aliphatic carbocycles. The van der Waals surface area contributed by atoms with Gasteiger partial charge in [-0.2, -0.15) is 0 Å². The standard InChI is InChI=1S/C13H13ClN2O2/c1-7-5-9(15)6-8(2)11(7)16-13(17)10-3-4-18-12(10)14/h3-6H,15H2,1-2H3,(H,16,17). The fourth-order valence-corrected chi connectivity index (χ4v) is 2.03. The van der Waals surface area contributed by atoms with Crippen LogP contribution in [-0.2, 0) is 0 Å². The van der Waals surface area contributed by atoms with E-state index in [1.165, 1.54) is 12.3 Å². The Labute approximate surface area is 110 Å². The second kappa shape index (κ2) is 4.74. The van der Waals surface area contributed by atoms with Crippen molar-refractivity contribution >= 4 is 28.9 Å². The third-order valence-corrected chi connectivity index (χ3v) is 2.95. The number of benzene rings is 1. The molecule has 18 heavy (non-hydrogen) atoms. The van der Waals surface area contributed by atoms with E-state index >= 15 is 0 Å². The molecule has 4 nitrogen and oxygen atoms in total. The number of nitrogen functional groups attached to an aromatic ring is 1. The maximum atomic E-state index is 12.0. The van der Waals surface area contributed by atoms with Gasteiger partial charge in [0.2, 0.25) is 5.22 Å². The Morgan fingerprint density at radius 3 is 2.44 bits per heavy atom. The van der Waals surface area contributed by atoms with E-state index in [1.54, 1.807) is 12.1 Å². The molecule has 1 amide bonds. The summed E-state index contributed by atoms with van der Waals surface area (Å²) in [6.45, 7) is 3.77. The van der Waals surface area contributed by atoms with Crippen LogP contribution in [0.15, 0.2) is 28.9 Å². The zero-order chi connectivity index (χ0) is 13.3. The largest absolute Gasteiger partial charge is 0.452 e. The van der Waals surface area contributed by atoms with Crippen molar-refractivity contribution in [1.82, 2.24) is 0 Å². The summed E-state index contributed by atoms with van der Waals surface area (Å²) in [5.74, 6) is -0.301. The SMILES string of the molecule is Cc1cc(N)cc(C)c1NC(=O)c1ccoc1Cl. The summed E-state index contributed by atoms with van der Waals surface area (Å²) >= 11 is 5.76. The highest BCUT2D eigenvalue weighted by Crippen LogP contribution is 2.25. The van der Waals surface area contributed by atoms with Crippen molar-refractivity contribution in [3.63, 3.8) is 0 Å². The summed E-state index contributed by atoms with van der Waals surface area (Å²) in [6.07, 6.45) is 1.37. The van der Waals surface area contributed by atoms with E-state index in [4.69, 9.17) is 21.8 Å². The third kappa shape index (κ3) is 2.33. The number of hydrogen-bond acceptors (Lipinski definition) is 3. The minimum Gasteiger partial charge on any atom is -0.452 e. The molecule has 2 rings (SSSR count). The van der Waals surface area contributed by atoms with Crippen LogP contribution in [0.3, 0.4) is 0 Å². The van der Waals surface area contributed by atoms with Crippen LogP contribution in [0.25, 0.3) is 0 Å². The molecule has 1 aromatic carbocycles. The lowest BCUT2D eigenvalue weighted by Gasteiger charge is -2.12. The number of nitrogens with two attached hydrogens (primary N) is 1. The lowest BCUT2D eigenvalue weighted by Crippen LogP contribution is -2.13. The highest BCUT2D eigenvalue weighted by Gasteiger charge is 2.15. The lowest BCUT2D eigenvalue weighted by molar-refractivity contribution is 0.102. The first-order chi connectivity index (χ1) is 8.49. The summed E-state index contributed by atoms with van der Waals surface area (Å²) < 4.78 is 4.89. The zero-order valence-electron chi connectivity index (χ0n) is 10.1. The van der Waals surface area contributed by atoms with Crippen molar-refractivity contribution in [2.24, 2.45) is 0 Å². The Morgan fingerprint density at radius 2 is 1.94 bits per heavy atom. The van der Waals surface area contributed by atoms with Gasteiger partial charge in [0.1, 0.15) is 0 Å². The Kier molecular flexibility index (Phi) is 3.30. The quantitative estimate of drug-likeness (QED) is 0.817. The maximum absolute atomic E-state index is 12.0. The van der Waals surface area contributed by atoms with Crippen molar-refractivity contribution in [2.75, 3.05) is 11.1 Å². The maximum Gasteiger partial charge on any atom is 0.260 e. The summed E-state index contributed by atoms with van der Waals surface area (Å²) in [7, 11) is 0. The molecule has 1 heterocycles. The summed E-state index contributed by atoms with van der Waals surface area (Å²) in [6, 6.07) is 5.14. The molecular weight excluding hydrogens is 252 g/mol. The highest BCUT2D eigenvalue weighted by molar-refractivity contribution is 6.32. The first-order valence-corrected chi connectivity index (χ1v) is 5.78. The number of carbonyl (C=O) groups excluding carboxylic acids is 1. The summed E-state index contributed by atoms with van der Waals surface area (Å²) in [5.41, 5.74) is 9.26. The number of anilines is 2. The number of amides is 1. The first-order valence-electron chi connectivity index (χ1n) is 5.40. The molecule has 0 fully saturated rings. The molecule has 0 saturated carbocycles. The number of furan rings is 1. The van der Waals surface area contributed by atoms with Crippen molar-refractivity contribution < 1.29 is 9.21 Å². The van der Waals surface area contributed by atoms with Gasteiger partial charge in [0.05, 0.1) is 11.8 Å². The van der Waals surface area contributed by atoms with Crippen LogP contribution in [0.2, 0.25) is 5.22 Å². The summed E-state index contributed by atoms with van der Waals surface area (Å²) in [4.78, 5) is 12.0.